The Kier molecular flexibility index (Phi) is 10.2. The van der Waals surface area contributed by atoms with Gasteiger partial charge in [-0.2, -0.15) is 0 Å². The Morgan fingerprint density at radius 2 is 1.75 bits per heavy atom. The lowest BCUT2D eigenvalue weighted by atomic mass is 9.82. The second kappa shape index (κ2) is 11.3. The van der Waals surface area contributed by atoms with Gasteiger partial charge in [-0.15, -0.1) is 0 Å². The highest BCUT2D eigenvalue weighted by Crippen LogP contribution is 2.37. The molecule has 0 aromatic carbocycles. The van der Waals surface area contributed by atoms with Gasteiger partial charge >= 0.3 is 0 Å². The Bertz CT molecular complexity index is 348. The molecule has 0 bridgehead atoms. The summed E-state index contributed by atoms with van der Waals surface area (Å²) >= 11 is 0. The molecule has 0 spiro atoms. The SMILES string of the molecule is CCCCCCC[C@H]1[C@@H](O)CC[C@@H]1/C=C/C(O)CC(C)(C)CCC. The molecule has 1 unspecified atom stereocenters. The molecule has 142 valence electrons. The van der Waals surface area contributed by atoms with E-state index in [0.717, 1.165) is 32.1 Å². The van der Waals surface area contributed by atoms with Crippen molar-refractivity contribution in [1.29, 1.82) is 0 Å². The van der Waals surface area contributed by atoms with Crippen LogP contribution in [-0.2, 0) is 0 Å². The predicted octanol–water partition coefficient (Wildman–Crippen LogP) is 5.87. The summed E-state index contributed by atoms with van der Waals surface area (Å²) in [6, 6.07) is 0. The minimum Gasteiger partial charge on any atom is -0.393 e. The van der Waals surface area contributed by atoms with E-state index >= 15 is 0 Å². The van der Waals surface area contributed by atoms with E-state index in [-0.39, 0.29) is 17.6 Å². The maximum Gasteiger partial charge on any atom is 0.0726 e. The number of aliphatic hydroxyl groups excluding tert-OH is 2. The van der Waals surface area contributed by atoms with Crippen LogP contribution in [0.15, 0.2) is 12.2 Å². The molecule has 0 aromatic heterocycles. The smallest absolute Gasteiger partial charge is 0.0726 e. The van der Waals surface area contributed by atoms with E-state index in [1.807, 2.05) is 6.08 Å². The lowest BCUT2D eigenvalue weighted by molar-refractivity contribution is 0.116. The molecule has 0 amide bonds. The van der Waals surface area contributed by atoms with Gasteiger partial charge in [-0.25, -0.2) is 0 Å². The molecule has 1 aliphatic rings. The van der Waals surface area contributed by atoms with Crippen LogP contribution in [0.2, 0.25) is 0 Å². The number of aliphatic hydroxyl groups is 2. The Hall–Kier alpha value is -0.340. The molecule has 1 rings (SSSR count). The van der Waals surface area contributed by atoms with E-state index in [1.165, 1.54) is 38.5 Å². The van der Waals surface area contributed by atoms with Gasteiger partial charge in [0.15, 0.2) is 0 Å². The van der Waals surface area contributed by atoms with Crippen LogP contribution >= 0.6 is 0 Å². The standard InChI is InChI=1S/C22H42O2/c1-5-7-8-9-10-11-20-18(13-15-21(20)24)12-14-19(23)17-22(3,4)16-6-2/h12,14,18-21,23-24H,5-11,13,15-17H2,1-4H3/b14-12+/t18-,19?,20+,21-/m0/s1. The molecule has 2 nitrogen and oxygen atoms in total. The van der Waals surface area contributed by atoms with Gasteiger partial charge in [0, 0.05) is 0 Å². The van der Waals surface area contributed by atoms with Crippen molar-refractivity contribution in [2.24, 2.45) is 17.3 Å². The van der Waals surface area contributed by atoms with Crippen molar-refractivity contribution in [3.63, 3.8) is 0 Å². The Labute approximate surface area is 150 Å². The summed E-state index contributed by atoms with van der Waals surface area (Å²) in [6.45, 7) is 8.93. The van der Waals surface area contributed by atoms with Gasteiger partial charge in [0.1, 0.15) is 0 Å². The number of allylic oxidation sites excluding steroid dienone is 1. The van der Waals surface area contributed by atoms with Gasteiger partial charge < -0.3 is 10.2 Å². The minimum absolute atomic E-state index is 0.139. The predicted molar refractivity (Wildman–Crippen MR) is 104 cm³/mol. The van der Waals surface area contributed by atoms with E-state index in [2.05, 4.69) is 33.8 Å². The molecule has 0 heterocycles. The number of hydrogen-bond donors (Lipinski definition) is 2. The summed E-state index contributed by atoms with van der Waals surface area (Å²) in [4.78, 5) is 0. The van der Waals surface area contributed by atoms with Gasteiger partial charge in [-0.1, -0.05) is 78.4 Å². The molecule has 24 heavy (non-hydrogen) atoms. The zero-order valence-electron chi connectivity index (χ0n) is 16.6. The maximum absolute atomic E-state index is 10.3. The quantitative estimate of drug-likeness (QED) is 0.345. The van der Waals surface area contributed by atoms with Crippen molar-refractivity contribution in [1.82, 2.24) is 0 Å². The lowest BCUT2D eigenvalue weighted by Crippen LogP contribution is -2.20. The van der Waals surface area contributed by atoms with Crippen LogP contribution in [0.5, 0.6) is 0 Å². The monoisotopic (exact) mass is 338 g/mol. The Morgan fingerprint density at radius 1 is 1.04 bits per heavy atom. The molecule has 2 N–H and O–H groups in total. The average molecular weight is 339 g/mol. The second-order valence-electron chi connectivity index (χ2n) is 8.75. The van der Waals surface area contributed by atoms with E-state index in [4.69, 9.17) is 0 Å². The van der Waals surface area contributed by atoms with Crippen LogP contribution in [0.1, 0.15) is 98.3 Å². The average Bonchev–Trinajstić information content (AvgIpc) is 2.85. The summed E-state index contributed by atoms with van der Waals surface area (Å²) in [7, 11) is 0. The van der Waals surface area contributed by atoms with E-state index in [9.17, 15) is 10.2 Å². The summed E-state index contributed by atoms with van der Waals surface area (Å²) in [6.07, 6.45) is 16.5. The third kappa shape index (κ3) is 8.16. The first-order valence-electron chi connectivity index (χ1n) is 10.4. The fraction of sp³-hybridized carbons (Fsp3) is 0.909. The van der Waals surface area contributed by atoms with Crippen LogP contribution in [0.3, 0.4) is 0 Å². The second-order valence-corrected chi connectivity index (χ2v) is 8.75. The van der Waals surface area contributed by atoms with Crippen LogP contribution < -0.4 is 0 Å². The Morgan fingerprint density at radius 3 is 2.42 bits per heavy atom. The normalized spacial score (nSPS) is 26.3. The van der Waals surface area contributed by atoms with Gasteiger partial charge in [0.05, 0.1) is 12.2 Å². The van der Waals surface area contributed by atoms with Crippen molar-refractivity contribution < 1.29 is 10.2 Å². The summed E-state index contributed by atoms with van der Waals surface area (Å²) in [5.74, 6) is 0.855. The molecule has 0 saturated heterocycles. The zero-order chi connectivity index (χ0) is 18.0. The number of unbranched alkanes of at least 4 members (excludes halogenated alkanes) is 4. The third-order valence-corrected chi connectivity index (χ3v) is 5.75. The highest BCUT2D eigenvalue weighted by Gasteiger charge is 2.32. The van der Waals surface area contributed by atoms with Crippen LogP contribution in [0.4, 0.5) is 0 Å². The van der Waals surface area contributed by atoms with Gasteiger partial charge in [0.25, 0.3) is 0 Å². The van der Waals surface area contributed by atoms with Crippen molar-refractivity contribution in [2.45, 2.75) is 111 Å². The van der Waals surface area contributed by atoms with Crippen LogP contribution in [-0.4, -0.2) is 22.4 Å². The topological polar surface area (TPSA) is 40.5 Å². The molecule has 0 aliphatic heterocycles. The summed E-state index contributed by atoms with van der Waals surface area (Å²) in [5, 5.41) is 20.6. The van der Waals surface area contributed by atoms with E-state index in [0.29, 0.717) is 11.8 Å². The summed E-state index contributed by atoms with van der Waals surface area (Å²) < 4.78 is 0. The lowest BCUT2D eigenvalue weighted by Gasteiger charge is -2.26. The van der Waals surface area contributed by atoms with Gasteiger partial charge in [0.2, 0.25) is 0 Å². The first-order valence-corrected chi connectivity index (χ1v) is 10.4. The summed E-state index contributed by atoms with van der Waals surface area (Å²) in [5.41, 5.74) is 0.201. The van der Waals surface area contributed by atoms with Crippen LogP contribution in [0, 0.1) is 17.3 Å². The first-order chi connectivity index (χ1) is 11.4. The van der Waals surface area contributed by atoms with Crippen molar-refractivity contribution in [3.8, 4) is 0 Å². The van der Waals surface area contributed by atoms with Gasteiger partial charge in [-0.05, 0) is 49.4 Å². The zero-order valence-corrected chi connectivity index (χ0v) is 16.6. The van der Waals surface area contributed by atoms with E-state index < -0.39 is 0 Å². The number of hydrogen-bond acceptors (Lipinski definition) is 2. The molecule has 2 heteroatoms. The molecule has 0 radical (unpaired) electrons. The molecule has 1 fully saturated rings. The fourth-order valence-corrected chi connectivity index (χ4v) is 4.39. The molecule has 4 atom stereocenters. The third-order valence-electron chi connectivity index (χ3n) is 5.75. The first kappa shape index (κ1) is 21.7. The highest BCUT2D eigenvalue weighted by atomic mass is 16.3. The fourth-order valence-electron chi connectivity index (χ4n) is 4.39. The minimum atomic E-state index is -0.352. The van der Waals surface area contributed by atoms with Crippen molar-refractivity contribution in [2.75, 3.05) is 0 Å². The molecular formula is C22H42O2. The largest absolute Gasteiger partial charge is 0.393 e. The molecule has 0 aromatic rings. The van der Waals surface area contributed by atoms with E-state index in [1.54, 1.807) is 0 Å². The van der Waals surface area contributed by atoms with Gasteiger partial charge in [-0.3, -0.25) is 0 Å². The number of rotatable bonds is 12. The maximum atomic E-state index is 10.3. The van der Waals surface area contributed by atoms with Crippen molar-refractivity contribution >= 4 is 0 Å². The molecule has 1 aliphatic carbocycles. The molecular weight excluding hydrogens is 296 g/mol. The van der Waals surface area contributed by atoms with Crippen molar-refractivity contribution in [3.05, 3.63) is 12.2 Å². The highest BCUT2D eigenvalue weighted by molar-refractivity contribution is 5.01. The van der Waals surface area contributed by atoms with Crippen LogP contribution in [0.25, 0.3) is 0 Å². The Balaban J connectivity index is 2.42. The molecule has 1 saturated carbocycles.